The standard InChI is InChI=1S/C10H9Cl4NO4S/c1-20(18,19)10-8(14)7(13)6(12)4(9(10)17)3-15-5(16)2-11/h17H,2-3H2,1H3,(H,15,16). The largest absolute Gasteiger partial charge is 0.506 e. The smallest absolute Gasteiger partial charge is 0.235 e. The molecule has 0 aliphatic carbocycles. The number of amides is 1. The molecule has 0 atom stereocenters. The summed E-state index contributed by atoms with van der Waals surface area (Å²) in [6, 6.07) is 0. The van der Waals surface area contributed by atoms with Crippen LogP contribution in [-0.4, -0.2) is 31.6 Å². The fraction of sp³-hybridized carbons (Fsp3) is 0.300. The lowest BCUT2D eigenvalue weighted by Crippen LogP contribution is -2.24. The molecule has 0 aromatic heterocycles. The van der Waals surface area contributed by atoms with Gasteiger partial charge >= 0.3 is 0 Å². The Kier molecular flexibility index (Phi) is 5.80. The highest BCUT2D eigenvalue weighted by Crippen LogP contribution is 2.44. The average Bonchev–Trinajstić information content (AvgIpc) is 2.34. The average molecular weight is 381 g/mol. The van der Waals surface area contributed by atoms with Crippen molar-refractivity contribution in [1.82, 2.24) is 5.32 Å². The number of phenols is 1. The lowest BCUT2D eigenvalue weighted by Gasteiger charge is -2.15. The summed E-state index contributed by atoms with van der Waals surface area (Å²) < 4.78 is 23.3. The first-order valence-corrected chi connectivity index (χ1v) is 8.58. The number of halogens is 4. The number of alkyl halides is 1. The predicted octanol–water partition coefficient (Wildman–Crippen LogP) is 2.61. The molecule has 0 fully saturated rings. The van der Waals surface area contributed by atoms with Gasteiger partial charge in [0.05, 0.1) is 15.1 Å². The summed E-state index contributed by atoms with van der Waals surface area (Å²) in [5, 5.41) is 11.6. The summed E-state index contributed by atoms with van der Waals surface area (Å²) in [6.07, 6.45) is 0.860. The maximum absolute atomic E-state index is 11.6. The number of carbonyl (C=O) groups excluding carboxylic acids is 1. The summed E-state index contributed by atoms with van der Waals surface area (Å²) in [4.78, 5) is 10.6. The third kappa shape index (κ3) is 3.62. The van der Waals surface area contributed by atoms with Crippen LogP contribution in [-0.2, 0) is 21.2 Å². The lowest BCUT2D eigenvalue weighted by molar-refractivity contribution is -0.118. The summed E-state index contributed by atoms with van der Waals surface area (Å²) in [7, 11) is -3.83. The molecule has 0 spiro atoms. The summed E-state index contributed by atoms with van der Waals surface area (Å²) >= 11 is 22.8. The molecule has 1 aromatic rings. The first-order valence-electron chi connectivity index (χ1n) is 5.02. The van der Waals surface area contributed by atoms with Gasteiger partial charge in [-0.1, -0.05) is 34.8 Å². The second kappa shape index (κ2) is 6.58. The van der Waals surface area contributed by atoms with Gasteiger partial charge in [-0.05, 0) is 0 Å². The highest BCUT2D eigenvalue weighted by molar-refractivity contribution is 7.91. The Balaban J connectivity index is 3.46. The second-order valence-electron chi connectivity index (χ2n) is 3.78. The van der Waals surface area contributed by atoms with E-state index < -0.39 is 26.4 Å². The van der Waals surface area contributed by atoms with E-state index in [-0.39, 0.29) is 33.1 Å². The van der Waals surface area contributed by atoms with E-state index in [0.717, 1.165) is 6.26 Å². The molecule has 0 aliphatic heterocycles. The van der Waals surface area contributed by atoms with Crippen LogP contribution in [0.5, 0.6) is 5.75 Å². The van der Waals surface area contributed by atoms with Gasteiger partial charge < -0.3 is 10.4 Å². The number of hydrogen-bond acceptors (Lipinski definition) is 4. The molecule has 112 valence electrons. The highest BCUT2D eigenvalue weighted by atomic mass is 35.5. The van der Waals surface area contributed by atoms with Crippen molar-refractivity contribution >= 4 is 62.1 Å². The van der Waals surface area contributed by atoms with E-state index in [1.54, 1.807) is 0 Å². The zero-order valence-corrected chi connectivity index (χ0v) is 13.8. The molecular formula is C10H9Cl4NO4S. The molecule has 0 radical (unpaired) electrons. The molecule has 0 saturated heterocycles. The fourth-order valence-electron chi connectivity index (χ4n) is 1.41. The minimum absolute atomic E-state index is 0.0556. The van der Waals surface area contributed by atoms with Crippen LogP contribution in [0.25, 0.3) is 0 Å². The molecule has 0 bridgehead atoms. The third-order valence-electron chi connectivity index (χ3n) is 2.31. The summed E-state index contributed by atoms with van der Waals surface area (Å²) in [5.74, 6) is -1.46. The first-order chi connectivity index (χ1) is 9.11. The fourth-order valence-corrected chi connectivity index (χ4v) is 3.57. The van der Waals surface area contributed by atoms with Crippen LogP contribution in [0, 0.1) is 0 Å². The van der Waals surface area contributed by atoms with Crippen LogP contribution in [0.2, 0.25) is 15.1 Å². The van der Waals surface area contributed by atoms with Crippen LogP contribution >= 0.6 is 46.4 Å². The number of sulfone groups is 1. The Morgan fingerprint density at radius 1 is 1.20 bits per heavy atom. The van der Waals surface area contributed by atoms with Crippen molar-refractivity contribution in [3.63, 3.8) is 0 Å². The van der Waals surface area contributed by atoms with Gasteiger partial charge in [0.15, 0.2) is 9.84 Å². The van der Waals surface area contributed by atoms with Gasteiger partial charge in [-0.25, -0.2) is 8.42 Å². The van der Waals surface area contributed by atoms with Crippen molar-refractivity contribution in [3.05, 3.63) is 20.6 Å². The molecule has 20 heavy (non-hydrogen) atoms. The molecule has 0 heterocycles. The van der Waals surface area contributed by atoms with Gasteiger partial charge in [0.25, 0.3) is 0 Å². The normalized spacial score (nSPS) is 11.4. The monoisotopic (exact) mass is 379 g/mol. The quantitative estimate of drug-likeness (QED) is 0.621. The lowest BCUT2D eigenvalue weighted by atomic mass is 10.2. The van der Waals surface area contributed by atoms with E-state index in [9.17, 15) is 18.3 Å². The Bertz CT molecular complexity index is 660. The SMILES string of the molecule is CS(=O)(=O)c1c(O)c(CNC(=O)CCl)c(Cl)c(Cl)c1Cl. The van der Waals surface area contributed by atoms with Crippen molar-refractivity contribution in [3.8, 4) is 5.75 Å². The number of nitrogens with one attached hydrogen (secondary N) is 1. The maximum Gasteiger partial charge on any atom is 0.235 e. The van der Waals surface area contributed by atoms with Gasteiger partial charge in [0.2, 0.25) is 5.91 Å². The van der Waals surface area contributed by atoms with Gasteiger partial charge in [0.1, 0.15) is 16.5 Å². The molecular weight excluding hydrogens is 372 g/mol. The van der Waals surface area contributed by atoms with E-state index in [4.69, 9.17) is 46.4 Å². The Labute approximate surface area is 135 Å². The van der Waals surface area contributed by atoms with E-state index >= 15 is 0 Å². The number of carbonyl (C=O) groups is 1. The van der Waals surface area contributed by atoms with Gasteiger partial charge in [-0.15, -0.1) is 11.6 Å². The number of benzene rings is 1. The van der Waals surface area contributed by atoms with Crippen LogP contribution in [0.4, 0.5) is 0 Å². The van der Waals surface area contributed by atoms with E-state index in [1.807, 2.05) is 0 Å². The molecule has 1 amide bonds. The van der Waals surface area contributed by atoms with Gasteiger partial charge in [-0.3, -0.25) is 4.79 Å². The van der Waals surface area contributed by atoms with E-state index in [0.29, 0.717) is 0 Å². The Hall–Kier alpha value is -0.400. The van der Waals surface area contributed by atoms with Crippen molar-refractivity contribution in [1.29, 1.82) is 0 Å². The molecule has 10 heteroatoms. The number of phenolic OH excluding ortho intramolecular Hbond substituents is 1. The predicted molar refractivity (Wildman–Crippen MR) is 78.8 cm³/mol. The molecule has 0 saturated carbocycles. The molecule has 1 aromatic carbocycles. The van der Waals surface area contributed by atoms with Gasteiger partial charge in [0, 0.05) is 18.4 Å². The van der Waals surface area contributed by atoms with Crippen LogP contribution < -0.4 is 5.32 Å². The zero-order chi connectivity index (χ0) is 15.7. The topological polar surface area (TPSA) is 83.5 Å². The Morgan fingerprint density at radius 3 is 2.20 bits per heavy atom. The number of aromatic hydroxyl groups is 1. The minimum atomic E-state index is -3.83. The number of hydrogen-bond donors (Lipinski definition) is 2. The van der Waals surface area contributed by atoms with Crippen molar-refractivity contribution in [2.24, 2.45) is 0 Å². The molecule has 0 unspecified atom stereocenters. The molecule has 1 rings (SSSR count). The van der Waals surface area contributed by atoms with Crippen molar-refractivity contribution < 1.29 is 18.3 Å². The van der Waals surface area contributed by atoms with Crippen LogP contribution in [0.3, 0.4) is 0 Å². The van der Waals surface area contributed by atoms with Crippen LogP contribution in [0.1, 0.15) is 5.56 Å². The van der Waals surface area contributed by atoms with Crippen molar-refractivity contribution in [2.45, 2.75) is 11.4 Å². The van der Waals surface area contributed by atoms with Crippen molar-refractivity contribution in [2.75, 3.05) is 12.1 Å². The number of rotatable bonds is 4. The summed E-state index contributed by atoms with van der Waals surface area (Å²) in [5.41, 5.74) is -0.0556. The molecule has 5 nitrogen and oxygen atoms in total. The van der Waals surface area contributed by atoms with Crippen LogP contribution in [0.15, 0.2) is 4.90 Å². The highest BCUT2D eigenvalue weighted by Gasteiger charge is 2.27. The first kappa shape index (κ1) is 17.7. The zero-order valence-electron chi connectivity index (χ0n) is 10.0. The Morgan fingerprint density at radius 2 is 1.75 bits per heavy atom. The van der Waals surface area contributed by atoms with Gasteiger partial charge in [-0.2, -0.15) is 0 Å². The maximum atomic E-state index is 11.6. The second-order valence-corrected chi connectivity index (χ2v) is 7.13. The minimum Gasteiger partial charge on any atom is -0.506 e. The van der Waals surface area contributed by atoms with E-state index in [1.165, 1.54) is 0 Å². The molecule has 0 aliphatic rings. The third-order valence-corrected chi connectivity index (χ3v) is 5.17. The van der Waals surface area contributed by atoms with E-state index in [2.05, 4.69) is 5.32 Å². The summed E-state index contributed by atoms with van der Waals surface area (Å²) in [6.45, 7) is -0.240. The molecule has 2 N–H and O–H groups in total.